The molecule has 0 atom stereocenters. The number of piperidine rings is 1. The number of anilines is 2. The number of carbonyl (C=O) groups is 2. The van der Waals surface area contributed by atoms with Crippen LogP contribution in [0, 0.1) is 0 Å². The van der Waals surface area contributed by atoms with Crippen molar-refractivity contribution >= 4 is 23.2 Å². The SMILES string of the molecule is O=C(Nc1cccc(C(F)(F)F)c1)c1cccc(NCC(=O)N2CCCCC2)c1. The Morgan fingerprint density at radius 1 is 0.931 bits per heavy atom. The molecule has 0 saturated carbocycles. The summed E-state index contributed by atoms with van der Waals surface area (Å²) >= 11 is 0. The van der Waals surface area contributed by atoms with Gasteiger partial charge < -0.3 is 15.5 Å². The highest BCUT2D eigenvalue weighted by molar-refractivity contribution is 6.04. The van der Waals surface area contributed by atoms with Crippen LogP contribution in [0.15, 0.2) is 48.5 Å². The van der Waals surface area contributed by atoms with Crippen LogP contribution >= 0.6 is 0 Å². The van der Waals surface area contributed by atoms with Gasteiger partial charge in [-0.2, -0.15) is 13.2 Å². The van der Waals surface area contributed by atoms with Gasteiger partial charge in [-0.15, -0.1) is 0 Å². The van der Waals surface area contributed by atoms with Crippen LogP contribution in [0.2, 0.25) is 0 Å². The molecule has 5 nitrogen and oxygen atoms in total. The first kappa shape index (κ1) is 20.7. The van der Waals surface area contributed by atoms with Crippen molar-refractivity contribution in [1.82, 2.24) is 4.90 Å². The van der Waals surface area contributed by atoms with E-state index in [1.807, 2.05) is 4.90 Å². The molecule has 1 aliphatic heterocycles. The zero-order valence-electron chi connectivity index (χ0n) is 15.8. The fourth-order valence-electron chi connectivity index (χ4n) is 3.18. The Balaban J connectivity index is 1.61. The molecule has 0 spiro atoms. The largest absolute Gasteiger partial charge is 0.416 e. The number of likely N-dealkylation sites (tertiary alicyclic amines) is 1. The van der Waals surface area contributed by atoms with E-state index >= 15 is 0 Å². The van der Waals surface area contributed by atoms with Crippen LogP contribution in [-0.2, 0) is 11.0 Å². The molecule has 1 fully saturated rings. The second-order valence-electron chi connectivity index (χ2n) is 6.91. The number of alkyl halides is 3. The Bertz CT molecular complexity index is 877. The summed E-state index contributed by atoms with van der Waals surface area (Å²) in [7, 11) is 0. The van der Waals surface area contributed by atoms with E-state index in [0.29, 0.717) is 5.69 Å². The lowest BCUT2D eigenvalue weighted by Crippen LogP contribution is -2.39. The number of nitrogens with one attached hydrogen (secondary N) is 2. The maximum absolute atomic E-state index is 12.8. The van der Waals surface area contributed by atoms with Crippen LogP contribution in [-0.4, -0.2) is 36.3 Å². The highest BCUT2D eigenvalue weighted by Gasteiger charge is 2.30. The van der Waals surface area contributed by atoms with Crippen LogP contribution in [0.1, 0.15) is 35.2 Å². The molecule has 29 heavy (non-hydrogen) atoms. The number of hydrogen-bond donors (Lipinski definition) is 2. The maximum Gasteiger partial charge on any atom is 0.416 e. The number of rotatable bonds is 5. The van der Waals surface area contributed by atoms with Gasteiger partial charge in [0.15, 0.2) is 0 Å². The van der Waals surface area contributed by atoms with E-state index in [2.05, 4.69) is 10.6 Å². The van der Waals surface area contributed by atoms with E-state index in [-0.39, 0.29) is 23.7 Å². The van der Waals surface area contributed by atoms with Crippen molar-refractivity contribution in [2.75, 3.05) is 30.3 Å². The van der Waals surface area contributed by atoms with Gasteiger partial charge >= 0.3 is 6.18 Å². The molecule has 154 valence electrons. The molecule has 0 radical (unpaired) electrons. The van der Waals surface area contributed by atoms with Gasteiger partial charge in [-0.3, -0.25) is 9.59 Å². The van der Waals surface area contributed by atoms with Gasteiger partial charge in [0.2, 0.25) is 5.91 Å². The van der Waals surface area contributed by atoms with Crippen LogP contribution in [0.5, 0.6) is 0 Å². The summed E-state index contributed by atoms with van der Waals surface area (Å²) in [5.74, 6) is -0.529. The van der Waals surface area contributed by atoms with E-state index in [1.54, 1.807) is 24.3 Å². The lowest BCUT2D eigenvalue weighted by atomic mass is 10.1. The van der Waals surface area contributed by atoms with Gasteiger partial charge in [-0.05, 0) is 55.7 Å². The number of nitrogens with zero attached hydrogens (tertiary/aromatic N) is 1. The van der Waals surface area contributed by atoms with Gasteiger partial charge in [-0.25, -0.2) is 0 Å². The van der Waals surface area contributed by atoms with Crippen molar-refractivity contribution in [2.24, 2.45) is 0 Å². The smallest absolute Gasteiger partial charge is 0.376 e. The average Bonchev–Trinajstić information content (AvgIpc) is 2.72. The summed E-state index contributed by atoms with van der Waals surface area (Å²) in [5, 5.41) is 5.48. The minimum absolute atomic E-state index is 0.00326. The Hall–Kier alpha value is -3.03. The fraction of sp³-hybridized carbons (Fsp3) is 0.333. The molecule has 0 bridgehead atoms. The summed E-state index contributed by atoms with van der Waals surface area (Å²) in [4.78, 5) is 26.5. The number of benzene rings is 2. The van der Waals surface area contributed by atoms with Crippen LogP contribution < -0.4 is 10.6 Å². The molecule has 1 heterocycles. The molecular weight excluding hydrogens is 383 g/mol. The van der Waals surface area contributed by atoms with Crippen molar-refractivity contribution in [3.05, 3.63) is 59.7 Å². The summed E-state index contributed by atoms with van der Waals surface area (Å²) in [6.07, 6.45) is -1.32. The molecule has 0 aromatic heterocycles. The number of hydrogen-bond acceptors (Lipinski definition) is 3. The van der Waals surface area contributed by atoms with Crippen LogP contribution in [0.25, 0.3) is 0 Å². The minimum Gasteiger partial charge on any atom is -0.376 e. The van der Waals surface area contributed by atoms with Crippen molar-refractivity contribution in [2.45, 2.75) is 25.4 Å². The highest BCUT2D eigenvalue weighted by Crippen LogP contribution is 2.30. The topological polar surface area (TPSA) is 61.4 Å². The number of carbonyl (C=O) groups excluding carboxylic acids is 2. The highest BCUT2D eigenvalue weighted by atomic mass is 19.4. The van der Waals surface area contributed by atoms with Crippen molar-refractivity contribution in [1.29, 1.82) is 0 Å². The zero-order chi connectivity index (χ0) is 20.9. The summed E-state index contributed by atoms with van der Waals surface area (Å²) < 4.78 is 38.4. The van der Waals surface area contributed by atoms with Gasteiger partial charge in [0, 0.05) is 30.0 Å². The molecular formula is C21H22F3N3O2. The van der Waals surface area contributed by atoms with Gasteiger partial charge in [0.25, 0.3) is 5.91 Å². The van der Waals surface area contributed by atoms with Crippen molar-refractivity contribution in [3.63, 3.8) is 0 Å². The molecule has 2 aromatic carbocycles. The molecule has 3 rings (SSSR count). The molecule has 0 unspecified atom stereocenters. The maximum atomic E-state index is 12.8. The predicted molar refractivity (Wildman–Crippen MR) is 105 cm³/mol. The molecule has 1 aliphatic rings. The van der Waals surface area contributed by atoms with E-state index < -0.39 is 17.6 Å². The Morgan fingerprint density at radius 2 is 1.62 bits per heavy atom. The quantitative estimate of drug-likeness (QED) is 0.776. The molecule has 0 aliphatic carbocycles. The molecule has 2 amide bonds. The zero-order valence-corrected chi connectivity index (χ0v) is 15.8. The monoisotopic (exact) mass is 405 g/mol. The van der Waals surface area contributed by atoms with Crippen molar-refractivity contribution < 1.29 is 22.8 Å². The third-order valence-electron chi connectivity index (χ3n) is 4.73. The summed E-state index contributed by atoms with van der Waals surface area (Å²) in [6, 6.07) is 11.0. The third kappa shape index (κ3) is 5.73. The molecule has 1 saturated heterocycles. The number of halogens is 3. The predicted octanol–water partition coefficient (Wildman–Crippen LogP) is 4.38. The normalized spacial score (nSPS) is 14.4. The fourth-order valence-corrected chi connectivity index (χ4v) is 3.18. The van der Waals surface area contributed by atoms with Gasteiger partial charge in [0.1, 0.15) is 0 Å². The summed E-state index contributed by atoms with van der Waals surface area (Å²) in [6.45, 7) is 1.65. The Kier molecular flexibility index (Phi) is 6.41. The Labute approximate surface area is 166 Å². The van der Waals surface area contributed by atoms with E-state index in [9.17, 15) is 22.8 Å². The van der Waals surface area contributed by atoms with E-state index in [0.717, 1.165) is 44.5 Å². The second kappa shape index (κ2) is 8.98. The average molecular weight is 405 g/mol. The lowest BCUT2D eigenvalue weighted by Gasteiger charge is -2.26. The first-order valence-corrected chi connectivity index (χ1v) is 9.43. The standard InChI is InChI=1S/C21H22F3N3O2/c22-21(23,24)16-7-5-9-18(13-16)26-20(29)15-6-4-8-17(12-15)25-14-19(28)27-10-2-1-3-11-27/h4-9,12-13,25H,1-3,10-11,14H2,(H,26,29). The van der Waals surface area contributed by atoms with Gasteiger partial charge in [0.05, 0.1) is 12.1 Å². The lowest BCUT2D eigenvalue weighted by molar-refractivity contribution is -0.137. The van der Waals surface area contributed by atoms with Crippen LogP contribution in [0.3, 0.4) is 0 Å². The van der Waals surface area contributed by atoms with E-state index in [4.69, 9.17) is 0 Å². The second-order valence-corrected chi connectivity index (χ2v) is 6.91. The molecule has 8 heteroatoms. The number of amides is 2. The molecule has 2 aromatic rings. The van der Waals surface area contributed by atoms with Gasteiger partial charge in [-0.1, -0.05) is 12.1 Å². The summed E-state index contributed by atoms with van der Waals surface area (Å²) in [5.41, 5.74) is 0.0929. The minimum atomic E-state index is -4.48. The molecule has 2 N–H and O–H groups in total. The van der Waals surface area contributed by atoms with Crippen molar-refractivity contribution in [3.8, 4) is 0 Å². The first-order valence-electron chi connectivity index (χ1n) is 9.43. The third-order valence-corrected chi connectivity index (χ3v) is 4.73. The van der Waals surface area contributed by atoms with Crippen LogP contribution in [0.4, 0.5) is 24.5 Å². The van der Waals surface area contributed by atoms with E-state index in [1.165, 1.54) is 12.1 Å². The Morgan fingerprint density at radius 3 is 2.34 bits per heavy atom. The first-order chi connectivity index (χ1) is 13.8.